The highest BCUT2D eigenvalue weighted by Crippen LogP contribution is 2.27. The van der Waals surface area contributed by atoms with Gasteiger partial charge in [0.05, 0.1) is 22.2 Å². The zero-order chi connectivity index (χ0) is 18.4. The summed E-state index contributed by atoms with van der Waals surface area (Å²) in [6.07, 6.45) is 1.80. The van der Waals surface area contributed by atoms with Gasteiger partial charge in [0.25, 0.3) is 5.56 Å². The maximum Gasteiger partial charge on any atom is 0.274 e. The fourth-order valence-corrected chi connectivity index (χ4v) is 4.13. The van der Waals surface area contributed by atoms with Gasteiger partial charge in [0.1, 0.15) is 0 Å². The van der Waals surface area contributed by atoms with Gasteiger partial charge in [-0.25, -0.2) is 9.38 Å². The molecule has 5 nitrogen and oxygen atoms in total. The van der Waals surface area contributed by atoms with Crippen molar-refractivity contribution in [1.82, 2.24) is 9.38 Å². The van der Waals surface area contributed by atoms with Gasteiger partial charge in [-0.1, -0.05) is 23.5 Å². The Balaban J connectivity index is 1.93. The monoisotopic (exact) mass is 366 g/mol. The number of phenols is 1. The van der Waals surface area contributed by atoms with Gasteiger partial charge < -0.3 is 9.84 Å². The summed E-state index contributed by atoms with van der Waals surface area (Å²) in [5.74, 6) is 0.496. The largest absolute Gasteiger partial charge is 0.504 e. The summed E-state index contributed by atoms with van der Waals surface area (Å²) in [6, 6.07) is 9.12. The van der Waals surface area contributed by atoms with E-state index in [4.69, 9.17) is 4.74 Å². The smallest absolute Gasteiger partial charge is 0.274 e. The first-order valence-electron chi connectivity index (χ1n) is 8.37. The minimum absolute atomic E-state index is 0.0801. The van der Waals surface area contributed by atoms with Crippen LogP contribution in [0.3, 0.4) is 0 Å². The summed E-state index contributed by atoms with van der Waals surface area (Å²) in [5, 5.41) is 9.83. The molecule has 6 heteroatoms. The second-order valence-electron chi connectivity index (χ2n) is 6.26. The van der Waals surface area contributed by atoms with E-state index in [1.54, 1.807) is 28.7 Å². The van der Waals surface area contributed by atoms with Gasteiger partial charge in [0, 0.05) is 0 Å². The Labute approximate surface area is 153 Å². The average molecular weight is 366 g/mol. The summed E-state index contributed by atoms with van der Waals surface area (Å²) in [7, 11) is 0. The summed E-state index contributed by atoms with van der Waals surface area (Å²) in [5.41, 5.74) is 4.61. The molecular weight excluding hydrogens is 348 g/mol. The maximum absolute atomic E-state index is 12.9. The summed E-state index contributed by atoms with van der Waals surface area (Å²) >= 11 is 1.36. The van der Waals surface area contributed by atoms with Crippen molar-refractivity contribution in [2.24, 2.45) is 0 Å². The van der Waals surface area contributed by atoms with Crippen LogP contribution in [0.15, 0.2) is 35.1 Å². The van der Waals surface area contributed by atoms with Crippen LogP contribution >= 0.6 is 11.3 Å². The first-order chi connectivity index (χ1) is 12.5. The van der Waals surface area contributed by atoms with Gasteiger partial charge in [-0.3, -0.25) is 4.79 Å². The third kappa shape index (κ3) is 2.63. The Hall–Kier alpha value is -2.86. The number of hydrogen-bond donors (Lipinski definition) is 1. The molecule has 0 atom stereocenters. The second-order valence-corrected chi connectivity index (χ2v) is 7.26. The number of aromatic hydroxyl groups is 1. The normalized spacial score (nSPS) is 12.3. The minimum Gasteiger partial charge on any atom is -0.504 e. The van der Waals surface area contributed by atoms with E-state index >= 15 is 0 Å². The molecule has 0 fully saturated rings. The Morgan fingerprint density at radius 1 is 1.27 bits per heavy atom. The lowest BCUT2D eigenvalue weighted by Crippen LogP contribution is -2.22. The van der Waals surface area contributed by atoms with Crippen molar-refractivity contribution in [3.63, 3.8) is 0 Å². The number of hydrogen-bond acceptors (Lipinski definition) is 5. The van der Waals surface area contributed by atoms with E-state index in [9.17, 15) is 9.90 Å². The van der Waals surface area contributed by atoms with Crippen LogP contribution in [0.1, 0.15) is 23.6 Å². The van der Waals surface area contributed by atoms with E-state index in [0.717, 1.165) is 27.7 Å². The molecule has 0 aliphatic rings. The highest BCUT2D eigenvalue weighted by Gasteiger charge is 2.13. The molecule has 0 aliphatic heterocycles. The summed E-state index contributed by atoms with van der Waals surface area (Å²) < 4.78 is 7.69. The first kappa shape index (κ1) is 16.6. The molecule has 2 aromatic heterocycles. The third-order valence-corrected chi connectivity index (χ3v) is 5.23. The maximum atomic E-state index is 12.9. The molecule has 0 saturated carbocycles. The van der Waals surface area contributed by atoms with Crippen molar-refractivity contribution in [2.75, 3.05) is 6.61 Å². The van der Waals surface area contributed by atoms with E-state index in [0.29, 0.717) is 21.8 Å². The van der Waals surface area contributed by atoms with E-state index in [1.165, 1.54) is 11.3 Å². The van der Waals surface area contributed by atoms with E-state index in [2.05, 4.69) is 11.1 Å². The van der Waals surface area contributed by atoms with Crippen molar-refractivity contribution in [1.29, 1.82) is 0 Å². The predicted molar refractivity (Wildman–Crippen MR) is 104 cm³/mol. The van der Waals surface area contributed by atoms with Crippen LogP contribution in [0, 0.1) is 13.8 Å². The topological polar surface area (TPSA) is 63.8 Å². The van der Waals surface area contributed by atoms with Gasteiger partial charge in [-0.05, 0) is 61.7 Å². The molecular formula is C20H18N2O3S. The van der Waals surface area contributed by atoms with Crippen LogP contribution in [-0.2, 0) is 0 Å². The highest BCUT2D eigenvalue weighted by atomic mass is 32.1. The molecule has 0 spiro atoms. The lowest BCUT2D eigenvalue weighted by atomic mass is 10.1. The van der Waals surface area contributed by atoms with Crippen molar-refractivity contribution in [2.45, 2.75) is 20.8 Å². The summed E-state index contributed by atoms with van der Waals surface area (Å²) in [4.78, 5) is 18.3. The average Bonchev–Trinajstić information content (AvgIpc) is 3.09. The standard InChI is InChI=1S/C20H18N2O3S/c1-4-25-16-9-13(5-6-15(16)23)10-17-19(24)22-14-8-11(2)7-12(3)18(14)21-20(22)26-17/h5-10,23H,4H2,1-3H3/b17-10+. The fourth-order valence-electron chi connectivity index (χ4n) is 3.15. The number of phenolic OH excluding ortho intramolecular Hbond substituents is 1. The molecule has 0 aliphatic carbocycles. The van der Waals surface area contributed by atoms with Gasteiger partial charge in [-0.15, -0.1) is 0 Å². The van der Waals surface area contributed by atoms with Gasteiger partial charge in [-0.2, -0.15) is 0 Å². The first-order valence-corrected chi connectivity index (χ1v) is 9.19. The molecule has 2 aromatic carbocycles. The SMILES string of the molecule is CCOc1cc(/C=c2/sc3nc4c(C)cc(C)cc4n3c2=O)ccc1O. The highest BCUT2D eigenvalue weighted by molar-refractivity contribution is 7.15. The van der Waals surface area contributed by atoms with Crippen LogP contribution < -0.4 is 14.8 Å². The molecule has 1 N–H and O–H groups in total. The third-order valence-electron chi connectivity index (χ3n) is 4.26. The lowest BCUT2D eigenvalue weighted by molar-refractivity contribution is 0.318. The van der Waals surface area contributed by atoms with Gasteiger partial charge >= 0.3 is 0 Å². The molecule has 4 rings (SSSR count). The van der Waals surface area contributed by atoms with Crippen molar-refractivity contribution < 1.29 is 9.84 Å². The number of thiazole rings is 1. The number of benzene rings is 2. The van der Waals surface area contributed by atoms with E-state index in [1.807, 2.05) is 26.8 Å². The zero-order valence-electron chi connectivity index (χ0n) is 14.7. The van der Waals surface area contributed by atoms with Crippen LogP contribution in [0.2, 0.25) is 0 Å². The fraction of sp³-hybridized carbons (Fsp3) is 0.200. The van der Waals surface area contributed by atoms with Crippen molar-refractivity contribution >= 4 is 33.4 Å². The number of rotatable bonds is 3. The number of aromatic nitrogens is 2. The number of ether oxygens (including phenoxy) is 1. The lowest BCUT2D eigenvalue weighted by Gasteiger charge is -2.05. The Morgan fingerprint density at radius 3 is 2.85 bits per heavy atom. The van der Waals surface area contributed by atoms with Crippen LogP contribution in [-0.4, -0.2) is 21.1 Å². The quantitative estimate of drug-likeness (QED) is 0.605. The van der Waals surface area contributed by atoms with Crippen LogP contribution in [0.4, 0.5) is 0 Å². The van der Waals surface area contributed by atoms with Crippen molar-refractivity contribution in [3.05, 3.63) is 61.9 Å². The van der Waals surface area contributed by atoms with Gasteiger partial charge in [0.2, 0.25) is 0 Å². The molecule has 0 unspecified atom stereocenters. The zero-order valence-corrected chi connectivity index (χ0v) is 15.6. The molecule has 2 heterocycles. The number of imidazole rings is 1. The molecule has 26 heavy (non-hydrogen) atoms. The summed E-state index contributed by atoms with van der Waals surface area (Å²) in [6.45, 7) is 6.34. The van der Waals surface area contributed by atoms with E-state index in [-0.39, 0.29) is 11.3 Å². The van der Waals surface area contributed by atoms with Crippen LogP contribution in [0.25, 0.3) is 22.1 Å². The van der Waals surface area contributed by atoms with Crippen molar-refractivity contribution in [3.8, 4) is 11.5 Å². The number of aryl methyl sites for hydroxylation is 2. The van der Waals surface area contributed by atoms with Crippen LogP contribution in [0.5, 0.6) is 11.5 Å². The molecule has 0 saturated heterocycles. The minimum atomic E-state index is -0.0801. The molecule has 132 valence electrons. The Morgan fingerprint density at radius 2 is 2.08 bits per heavy atom. The molecule has 4 aromatic rings. The number of nitrogens with zero attached hydrogens (tertiary/aromatic N) is 2. The number of fused-ring (bicyclic) bond motifs is 3. The van der Waals surface area contributed by atoms with Gasteiger partial charge in [0.15, 0.2) is 16.5 Å². The molecule has 0 radical (unpaired) electrons. The molecule has 0 bridgehead atoms. The Bertz CT molecular complexity index is 1250. The van der Waals surface area contributed by atoms with E-state index < -0.39 is 0 Å². The molecule has 0 amide bonds. The second kappa shape index (κ2) is 6.14. The predicted octanol–water partition coefficient (Wildman–Crippen LogP) is 3.18. The Kier molecular flexibility index (Phi) is 3.92.